The fourth-order valence-electron chi connectivity index (χ4n) is 2.21. The summed E-state index contributed by atoms with van der Waals surface area (Å²) in [5.74, 6) is 1.12. The molecule has 0 N–H and O–H groups in total. The van der Waals surface area contributed by atoms with Crippen LogP contribution >= 0.6 is 0 Å². The Morgan fingerprint density at radius 3 is 3.07 bits per heavy atom. The Morgan fingerprint density at radius 2 is 2.27 bits per heavy atom. The summed E-state index contributed by atoms with van der Waals surface area (Å²) < 4.78 is 5.99. The fourth-order valence-corrected chi connectivity index (χ4v) is 2.21. The van der Waals surface area contributed by atoms with Crippen LogP contribution in [0.5, 0.6) is 5.75 Å². The van der Waals surface area contributed by atoms with Crippen molar-refractivity contribution < 1.29 is 4.74 Å². The van der Waals surface area contributed by atoms with Crippen LogP contribution in [0.4, 0.5) is 0 Å². The van der Waals surface area contributed by atoms with Crippen LogP contribution < -0.4 is 4.74 Å². The lowest BCUT2D eigenvalue weighted by molar-refractivity contribution is 0.161. The Balaban J connectivity index is 2.03. The highest BCUT2D eigenvalue weighted by Crippen LogP contribution is 2.29. The minimum absolute atomic E-state index is 0.458. The molecule has 2 rings (SSSR count). The molecule has 1 heterocycles. The molecule has 0 bridgehead atoms. The fraction of sp³-hybridized carbons (Fsp3) is 0.571. The number of hydrogen-bond acceptors (Lipinski definition) is 1. The maximum atomic E-state index is 5.99. The van der Waals surface area contributed by atoms with Crippen molar-refractivity contribution in [2.75, 3.05) is 0 Å². The molecule has 15 heavy (non-hydrogen) atoms. The van der Waals surface area contributed by atoms with E-state index in [4.69, 9.17) is 4.74 Å². The summed E-state index contributed by atoms with van der Waals surface area (Å²) >= 11 is 0. The van der Waals surface area contributed by atoms with Gasteiger partial charge in [-0.25, -0.2) is 0 Å². The normalized spacial score (nSPS) is 19.5. The summed E-state index contributed by atoms with van der Waals surface area (Å²) in [4.78, 5) is 0. The molecule has 0 fully saturated rings. The number of hydrogen-bond donors (Lipinski definition) is 0. The summed E-state index contributed by atoms with van der Waals surface area (Å²) in [6, 6.07) is 6.52. The van der Waals surface area contributed by atoms with Gasteiger partial charge in [-0.2, -0.15) is 0 Å². The van der Waals surface area contributed by atoms with Crippen LogP contribution in [-0.2, 0) is 6.42 Å². The number of unbranched alkanes of at least 4 members (excludes halogenated alkanes) is 1. The molecule has 1 aromatic rings. The molecule has 0 saturated heterocycles. The van der Waals surface area contributed by atoms with E-state index < -0.39 is 0 Å². The van der Waals surface area contributed by atoms with Crippen molar-refractivity contribution in [1.29, 1.82) is 0 Å². The van der Waals surface area contributed by atoms with Gasteiger partial charge in [0.1, 0.15) is 5.75 Å². The molecule has 1 heteroatoms. The Bertz CT molecular complexity index is 330. The van der Waals surface area contributed by atoms with Gasteiger partial charge in [-0.1, -0.05) is 37.5 Å². The van der Waals surface area contributed by atoms with Crippen LogP contribution in [-0.4, -0.2) is 6.10 Å². The molecule has 1 aliphatic heterocycles. The molecule has 0 spiro atoms. The number of ether oxygens (including phenoxy) is 1. The molecule has 1 aromatic carbocycles. The quantitative estimate of drug-likeness (QED) is 0.726. The SMILES string of the molecule is CCCCC1CCc2cc(C)ccc2O1. The Hall–Kier alpha value is -0.980. The van der Waals surface area contributed by atoms with Crippen molar-refractivity contribution in [2.45, 2.75) is 52.1 Å². The highest BCUT2D eigenvalue weighted by atomic mass is 16.5. The first-order chi connectivity index (χ1) is 7.29. The maximum Gasteiger partial charge on any atom is 0.122 e. The molecular formula is C14H20O. The Kier molecular flexibility index (Phi) is 3.30. The van der Waals surface area contributed by atoms with Crippen molar-refractivity contribution in [2.24, 2.45) is 0 Å². The van der Waals surface area contributed by atoms with Gasteiger partial charge in [-0.15, -0.1) is 0 Å². The zero-order valence-corrected chi connectivity index (χ0v) is 9.75. The molecule has 82 valence electrons. The summed E-state index contributed by atoms with van der Waals surface area (Å²) in [5.41, 5.74) is 2.73. The van der Waals surface area contributed by atoms with E-state index in [-0.39, 0.29) is 0 Å². The third-order valence-electron chi connectivity index (χ3n) is 3.12. The lowest BCUT2D eigenvalue weighted by Gasteiger charge is -2.26. The van der Waals surface area contributed by atoms with Crippen LogP contribution in [0.3, 0.4) is 0 Å². The molecule has 0 saturated carbocycles. The van der Waals surface area contributed by atoms with Gasteiger partial charge in [-0.05, 0) is 37.8 Å². The van der Waals surface area contributed by atoms with Gasteiger partial charge >= 0.3 is 0 Å². The molecule has 1 unspecified atom stereocenters. The molecule has 0 amide bonds. The lowest BCUT2D eigenvalue weighted by atomic mass is 9.98. The Morgan fingerprint density at radius 1 is 1.40 bits per heavy atom. The van der Waals surface area contributed by atoms with E-state index in [1.807, 2.05) is 0 Å². The second kappa shape index (κ2) is 4.69. The molecule has 1 aliphatic rings. The third kappa shape index (κ3) is 2.53. The monoisotopic (exact) mass is 204 g/mol. The zero-order chi connectivity index (χ0) is 10.7. The van der Waals surface area contributed by atoms with Gasteiger partial charge in [0, 0.05) is 0 Å². The van der Waals surface area contributed by atoms with E-state index in [1.165, 1.54) is 43.2 Å². The van der Waals surface area contributed by atoms with Crippen molar-refractivity contribution in [3.63, 3.8) is 0 Å². The highest BCUT2D eigenvalue weighted by Gasteiger charge is 2.18. The van der Waals surface area contributed by atoms with Gasteiger partial charge in [-0.3, -0.25) is 0 Å². The number of aryl methyl sites for hydroxylation is 2. The minimum atomic E-state index is 0.458. The number of benzene rings is 1. The zero-order valence-electron chi connectivity index (χ0n) is 9.75. The van der Waals surface area contributed by atoms with E-state index in [9.17, 15) is 0 Å². The van der Waals surface area contributed by atoms with Crippen molar-refractivity contribution in [3.8, 4) is 5.75 Å². The summed E-state index contributed by atoms with van der Waals surface area (Å²) in [5, 5.41) is 0. The molecule has 0 aromatic heterocycles. The van der Waals surface area contributed by atoms with Gasteiger partial charge in [0.05, 0.1) is 6.10 Å². The number of rotatable bonds is 3. The largest absolute Gasteiger partial charge is 0.490 e. The average molecular weight is 204 g/mol. The second-order valence-corrected chi connectivity index (χ2v) is 4.53. The van der Waals surface area contributed by atoms with E-state index in [1.54, 1.807) is 0 Å². The van der Waals surface area contributed by atoms with E-state index in [2.05, 4.69) is 32.0 Å². The van der Waals surface area contributed by atoms with Crippen molar-refractivity contribution in [3.05, 3.63) is 29.3 Å². The van der Waals surface area contributed by atoms with Crippen LogP contribution in [0.15, 0.2) is 18.2 Å². The molecule has 1 nitrogen and oxygen atoms in total. The van der Waals surface area contributed by atoms with Crippen LogP contribution in [0, 0.1) is 6.92 Å². The van der Waals surface area contributed by atoms with Crippen molar-refractivity contribution >= 4 is 0 Å². The minimum Gasteiger partial charge on any atom is -0.490 e. The molecule has 0 aliphatic carbocycles. The first-order valence-electron chi connectivity index (χ1n) is 6.06. The van der Waals surface area contributed by atoms with E-state index in [0.29, 0.717) is 6.10 Å². The predicted molar refractivity (Wildman–Crippen MR) is 63.4 cm³/mol. The first-order valence-corrected chi connectivity index (χ1v) is 6.06. The van der Waals surface area contributed by atoms with Gasteiger partial charge in [0.15, 0.2) is 0 Å². The maximum absolute atomic E-state index is 5.99. The van der Waals surface area contributed by atoms with E-state index >= 15 is 0 Å². The summed E-state index contributed by atoms with van der Waals surface area (Å²) in [7, 11) is 0. The molecule has 0 radical (unpaired) electrons. The standard InChI is InChI=1S/C14H20O/c1-3-4-5-13-8-7-12-10-11(2)6-9-14(12)15-13/h6,9-10,13H,3-5,7-8H2,1-2H3. The molecule has 1 atom stereocenters. The summed E-state index contributed by atoms with van der Waals surface area (Å²) in [6.45, 7) is 4.38. The summed E-state index contributed by atoms with van der Waals surface area (Å²) in [6.07, 6.45) is 6.60. The Labute approximate surface area is 92.5 Å². The van der Waals surface area contributed by atoms with Crippen LogP contribution in [0.1, 0.15) is 43.7 Å². The average Bonchev–Trinajstić information content (AvgIpc) is 2.26. The number of fused-ring (bicyclic) bond motifs is 1. The predicted octanol–water partition coefficient (Wildman–Crippen LogP) is 3.88. The first kappa shape index (κ1) is 10.5. The second-order valence-electron chi connectivity index (χ2n) is 4.53. The van der Waals surface area contributed by atoms with E-state index in [0.717, 1.165) is 5.75 Å². The van der Waals surface area contributed by atoms with Crippen LogP contribution in [0.25, 0.3) is 0 Å². The van der Waals surface area contributed by atoms with Gasteiger partial charge in [0.25, 0.3) is 0 Å². The molecular weight excluding hydrogens is 184 g/mol. The topological polar surface area (TPSA) is 9.23 Å². The lowest BCUT2D eigenvalue weighted by Crippen LogP contribution is -2.22. The van der Waals surface area contributed by atoms with Gasteiger partial charge < -0.3 is 4.74 Å². The van der Waals surface area contributed by atoms with Crippen molar-refractivity contribution in [1.82, 2.24) is 0 Å². The smallest absolute Gasteiger partial charge is 0.122 e. The van der Waals surface area contributed by atoms with Gasteiger partial charge in [0.2, 0.25) is 0 Å². The third-order valence-corrected chi connectivity index (χ3v) is 3.12. The highest BCUT2D eigenvalue weighted by molar-refractivity contribution is 5.38. The van der Waals surface area contributed by atoms with Crippen LogP contribution in [0.2, 0.25) is 0 Å².